The topological polar surface area (TPSA) is 57.0 Å². The molecule has 7 heteroatoms. The van der Waals surface area contributed by atoms with Gasteiger partial charge in [-0.05, 0) is 37.6 Å². The molecule has 0 amide bonds. The predicted molar refractivity (Wildman–Crippen MR) is 104 cm³/mol. The van der Waals surface area contributed by atoms with Crippen molar-refractivity contribution in [1.29, 1.82) is 0 Å². The monoisotopic (exact) mass is 391 g/mol. The first-order valence-corrected chi connectivity index (χ1v) is 9.13. The number of aromatic nitrogens is 3. The van der Waals surface area contributed by atoms with E-state index in [1.165, 1.54) is 7.11 Å². The normalized spacial score (nSPS) is 11.1. The molecule has 0 saturated heterocycles. The van der Waals surface area contributed by atoms with Crippen molar-refractivity contribution in [3.05, 3.63) is 45.6 Å². The van der Waals surface area contributed by atoms with Gasteiger partial charge in [0.2, 0.25) is 0 Å². The molecule has 0 aliphatic rings. The zero-order valence-electron chi connectivity index (χ0n) is 14.8. The third kappa shape index (κ3) is 3.41. The highest BCUT2D eigenvalue weighted by Crippen LogP contribution is 2.33. The van der Waals surface area contributed by atoms with Crippen LogP contribution in [0.4, 0.5) is 0 Å². The number of ether oxygens (including phenoxy) is 1. The highest BCUT2D eigenvalue weighted by molar-refractivity contribution is 6.36. The Morgan fingerprint density at radius 1 is 1.27 bits per heavy atom. The number of carbonyl (C=O) groups is 1. The molecule has 5 nitrogen and oxygen atoms in total. The lowest BCUT2D eigenvalue weighted by Crippen LogP contribution is -2.06. The number of methoxy groups -OCH3 is 1. The van der Waals surface area contributed by atoms with Gasteiger partial charge in [-0.25, -0.2) is 14.5 Å². The first-order valence-electron chi connectivity index (χ1n) is 8.38. The zero-order valence-corrected chi connectivity index (χ0v) is 16.4. The number of benzene rings is 1. The molecule has 136 valence electrons. The number of aryl methyl sites for hydroxylation is 2. The van der Waals surface area contributed by atoms with Crippen molar-refractivity contribution in [2.75, 3.05) is 7.11 Å². The Kier molecular flexibility index (Phi) is 5.49. The van der Waals surface area contributed by atoms with Gasteiger partial charge in [-0.3, -0.25) is 0 Å². The second kappa shape index (κ2) is 7.64. The number of rotatable bonds is 5. The van der Waals surface area contributed by atoms with Crippen molar-refractivity contribution in [1.82, 2.24) is 14.8 Å². The highest BCUT2D eigenvalue weighted by atomic mass is 35.5. The number of hydrogen-bond acceptors (Lipinski definition) is 4. The largest absolute Gasteiger partial charge is 0.465 e. The molecule has 3 aromatic rings. The number of unbranched alkanes of at least 4 members (excludes halogenated alkanes) is 1. The predicted octanol–water partition coefficient (Wildman–Crippen LogP) is 5.30. The van der Waals surface area contributed by atoms with Crippen molar-refractivity contribution >= 4 is 40.2 Å². The minimum absolute atomic E-state index is 0.429. The Bertz CT molecular complexity index is 983. The number of nitrogens with zero attached hydrogens (tertiary/aromatic N) is 3. The molecule has 2 heterocycles. The first kappa shape index (κ1) is 18.7. The van der Waals surface area contributed by atoms with Crippen molar-refractivity contribution < 1.29 is 9.53 Å². The van der Waals surface area contributed by atoms with E-state index in [1.807, 2.05) is 11.6 Å². The number of halogens is 2. The third-order valence-electron chi connectivity index (χ3n) is 4.21. The van der Waals surface area contributed by atoms with E-state index < -0.39 is 5.97 Å². The fourth-order valence-corrected chi connectivity index (χ4v) is 3.43. The maximum Gasteiger partial charge on any atom is 0.338 e. The van der Waals surface area contributed by atoms with E-state index in [0.717, 1.165) is 25.1 Å². The molecular formula is C19H19Cl2N3O2. The van der Waals surface area contributed by atoms with Crippen LogP contribution in [0.15, 0.2) is 24.3 Å². The van der Waals surface area contributed by atoms with Gasteiger partial charge in [0, 0.05) is 17.1 Å². The van der Waals surface area contributed by atoms with Gasteiger partial charge >= 0.3 is 5.97 Å². The lowest BCUT2D eigenvalue weighted by Gasteiger charge is -2.09. The van der Waals surface area contributed by atoms with Crippen LogP contribution >= 0.6 is 23.2 Å². The van der Waals surface area contributed by atoms with E-state index in [4.69, 9.17) is 32.9 Å². The van der Waals surface area contributed by atoms with E-state index >= 15 is 0 Å². The van der Waals surface area contributed by atoms with Gasteiger partial charge in [-0.1, -0.05) is 36.5 Å². The number of fused-ring (bicyclic) bond motifs is 1. The molecule has 0 atom stereocenters. The van der Waals surface area contributed by atoms with Crippen molar-refractivity contribution in [2.45, 2.75) is 33.2 Å². The standard InChI is InChI=1S/C19H19Cl2N3O2/c1-4-5-8-24-18-17(11(2)23-24)14(19(25)26-3)10-16(22-18)13-7-6-12(20)9-15(13)21/h6-7,9-10H,4-5,8H2,1-3H3. The number of hydrogen-bond donors (Lipinski definition) is 0. The number of esters is 1. The molecule has 1 aromatic carbocycles. The summed E-state index contributed by atoms with van der Waals surface area (Å²) < 4.78 is 6.81. The Morgan fingerprint density at radius 2 is 2.04 bits per heavy atom. The second-order valence-corrected chi connectivity index (χ2v) is 6.88. The minimum atomic E-state index is -0.429. The second-order valence-electron chi connectivity index (χ2n) is 6.03. The van der Waals surface area contributed by atoms with Crippen molar-refractivity contribution in [2.24, 2.45) is 0 Å². The maximum atomic E-state index is 12.4. The van der Waals surface area contributed by atoms with Crippen LogP contribution in [0.3, 0.4) is 0 Å². The summed E-state index contributed by atoms with van der Waals surface area (Å²) in [6.45, 7) is 4.71. The van der Waals surface area contributed by atoms with E-state index in [1.54, 1.807) is 24.3 Å². The fourth-order valence-electron chi connectivity index (χ4n) is 2.92. The number of carbonyl (C=O) groups excluding carboxylic acids is 1. The van der Waals surface area contributed by atoms with Crippen LogP contribution in [0.1, 0.15) is 35.8 Å². The van der Waals surface area contributed by atoms with Gasteiger partial charge in [0.05, 0.1) is 34.5 Å². The maximum absolute atomic E-state index is 12.4. The average Bonchev–Trinajstić information content (AvgIpc) is 2.94. The molecule has 26 heavy (non-hydrogen) atoms. The van der Waals surface area contributed by atoms with Crippen molar-refractivity contribution in [3.8, 4) is 11.3 Å². The van der Waals surface area contributed by atoms with E-state index in [-0.39, 0.29) is 0 Å². The SMILES string of the molecule is CCCCn1nc(C)c2c(C(=O)OC)cc(-c3ccc(Cl)cc3Cl)nc21. The van der Waals surface area contributed by atoms with Gasteiger partial charge in [0.15, 0.2) is 5.65 Å². The summed E-state index contributed by atoms with van der Waals surface area (Å²) in [5.74, 6) is -0.429. The molecule has 0 N–H and O–H groups in total. The van der Waals surface area contributed by atoms with E-state index in [2.05, 4.69) is 12.0 Å². The summed E-state index contributed by atoms with van der Waals surface area (Å²) >= 11 is 12.3. The molecule has 0 fully saturated rings. The molecule has 0 radical (unpaired) electrons. The lowest BCUT2D eigenvalue weighted by atomic mass is 10.1. The average molecular weight is 392 g/mol. The van der Waals surface area contributed by atoms with Crippen LogP contribution in [-0.2, 0) is 11.3 Å². The quantitative estimate of drug-likeness (QED) is 0.553. The molecule has 0 saturated carbocycles. The summed E-state index contributed by atoms with van der Waals surface area (Å²) in [5.41, 5.74) is 3.11. The van der Waals surface area contributed by atoms with E-state index in [0.29, 0.717) is 37.9 Å². The summed E-state index contributed by atoms with van der Waals surface area (Å²) in [6.07, 6.45) is 2.00. The minimum Gasteiger partial charge on any atom is -0.465 e. The Labute approximate surface area is 161 Å². The molecule has 0 bridgehead atoms. The Morgan fingerprint density at radius 3 is 2.69 bits per heavy atom. The summed E-state index contributed by atoms with van der Waals surface area (Å²) in [6, 6.07) is 6.88. The Hall–Kier alpha value is -2.11. The Balaban J connectivity index is 2.29. The van der Waals surface area contributed by atoms with Gasteiger partial charge < -0.3 is 4.74 Å². The van der Waals surface area contributed by atoms with Crippen LogP contribution < -0.4 is 0 Å². The van der Waals surface area contributed by atoms with Crippen LogP contribution in [-0.4, -0.2) is 27.8 Å². The lowest BCUT2D eigenvalue weighted by molar-refractivity contribution is 0.0603. The van der Waals surface area contributed by atoms with Crippen LogP contribution in [0.2, 0.25) is 10.0 Å². The zero-order chi connectivity index (χ0) is 18.8. The summed E-state index contributed by atoms with van der Waals surface area (Å²) in [4.78, 5) is 17.1. The fraction of sp³-hybridized carbons (Fsp3) is 0.316. The van der Waals surface area contributed by atoms with Crippen molar-refractivity contribution in [3.63, 3.8) is 0 Å². The van der Waals surface area contributed by atoms with Gasteiger partial charge in [-0.2, -0.15) is 5.10 Å². The third-order valence-corrected chi connectivity index (χ3v) is 4.76. The van der Waals surface area contributed by atoms with Crippen LogP contribution in [0, 0.1) is 6.92 Å². The molecular weight excluding hydrogens is 373 g/mol. The molecule has 0 unspecified atom stereocenters. The smallest absolute Gasteiger partial charge is 0.338 e. The van der Waals surface area contributed by atoms with Gasteiger partial charge in [0.1, 0.15) is 0 Å². The van der Waals surface area contributed by atoms with Gasteiger partial charge in [-0.15, -0.1) is 0 Å². The highest BCUT2D eigenvalue weighted by Gasteiger charge is 2.21. The molecule has 0 aliphatic heterocycles. The number of pyridine rings is 1. The summed E-state index contributed by atoms with van der Waals surface area (Å²) in [5, 5.41) is 6.29. The van der Waals surface area contributed by atoms with Gasteiger partial charge in [0.25, 0.3) is 0 Å². The molecule has 3 rings (SSSR count). The van der Waals surface area contributed by atoms with E-state index in [9.17, 15) is 4.79 Å². The molecule has 0 spiro atoms. The first-order chi connectivity index (χ1) is 12.5. The summed E-state index contributed by atoms with van der Waals surface area (Å²) in [7, 11) is 1.36. The molecule has 2 aromatic heterocycles. The van der Waals surface area contributed by atoms with Crippen LogP contribution in [0.25, 0.3) is 22.3 Å². The van der Waals surface area contributed by atoms with Crippen LogP contribution in [0.5, 0.6) is 0 Å². The molecule has 0 aliphatic carbocycles.